The zero-order valence-corrected chi connectivity index (χ0v) is 18.3. The number of benzene rings is 3. The van der Waals surface area contributed by atoms with Crippen molar-refractivity contribution in [1.29, 1.82) is 0 Å². The van der Waals surface area contributed by atoms with Crippen molar-refractivity contribution in [3.05, 3.63) is 94.5 Å². The predicted octanol–water partition coefficient (Wildman–Crippen LogP) is 6.47. The van der Waals surface area contributed by atoms with Crippen LogP contribution in [0.1, 0.15) is 63.6 Å². The molecule has 0 atom stereocenters. The number of esters is 2. The molecule has 0 aliphatic heterocycles. The van der Waals surface area contributed by atoms with Gasteiger partial charge in [0.2, 0.25) is 0 Å². The molecule has 0 spiro atoms. The monoisotopic (exact) mass is 416 g/mol. The fourth-order valence-corrected chi connectivity index (χ4v) is 3.46. The highest BCUT2D eigenvalue weighted by Gasteiger charge is 2.22. The number of ether oxygens (including phenoxy) is 2. The lowest BCUT2D eigenvalue weighted by Crippen LogP contribution is -2.15. The van der Waals surface area contributed by atoms with Crippen molar-refractivity contribution in [2.24, 2.45) is 0 Å². The van der Waals surface area contributed by atoms with Gasteiger partial charge in [-0.1, -0.05) is 62.2 Å². The Kier molecular flexibility index (Phi) is 7.60. The van der Waals surface area contributed by atoms with Crippen LogP contribution in [-0.2, 0) is 6.42 Å². The molecule has 31 heavy (non-hydrogen) atoms. The van der Waals surface area contributed by atoms with Crippen LogP contribution in [0.15, 0.2) is 66.7 Å². The maximum absolute atomic E-state index is 12.8. The number of hydrogen-bond acceptors (Lipinski definition) is 4. The van der Waals surface area contributed by atoms with E-state index in [4.69, 9.17) is 9.47 Å². The first kappa shape index (κ1) is 22.3. The van der Waals surface area contributed by atoms with Crippen LogP contribution in [0.2, 0.25) is 0 Å². The van der Waals surface area contributed by atoms with Gasteiger partial charge in [0.05, 0.1) is 11.1 Å². The molecule has 160 valence electrons. The van der Waals surface area contributed by atoms with E-state index in [2.05, 4.69) is 6.92 Å². The van der Waals surface area contributed by atoms with Gasteiger partial charge >= 0.3 is 11.9 Å². The van der Waals surface area contributed by atoms with Gasteiger partial charge in [-0.05, 0) is 67.6 Å². The molecule has 0 N–H and O–H groups in total. The van der Waals surface area contributed by atoms with E-state index < -0.39 is 11.9 Å². The summed E-state index contributed by atoms with van der Waals surface area (Å²) in [6.45, 7) is 5.95. The van der Waals surface area contributed by atoms with Crippen LogP contribution in [-0.4, -0.2) is 11.9 Å². The minimum Gasteiger partial charge on any atom is -0.419 e. The van der Waals surface area contributed by atoms with E-state index in [1.54, 1.807) is 48.5 Å². The van der Waals surface area contributed by atoms with E-state index in [1.165, 1.54) is 0 Å². The highest BCUT2D eigenvalue weighted by atomic mass is 16.6. The topological polar surface area (TPSA) is 52.6 Å². The van der Waals surface area contributed by atoms with Crippen LogP contribution < -0.4 is 9.47 Å². The van der Waals surface area contributed by atoms with Gasteiger partial charge < -0.3 is 9.47 Å². The normalized spacial score (nSPS) is 10.5. The molecular weight excluding hydrogens is 388 g/mol. The molecule has 3 rings (SSSR count). The molecular formula is C27H28O4. The van der Waals surface area contributed by atoms with Crippen LogP contribution in [0.4, 0.5) is 0 Å². The summed E-state index contributed by atoms with van der Waals surface area (Å²) in [6.07, 6.45) is 4.18. The van der Waals surface area contributed by atoms with Gasteiger partial charge in [-0.3, -0.25) is 0 Å². The summed E-state index contributed by atoms with van der Waals surface area (Å²) in [7, 11) is 0. The summed E-state index contributed by atoms with van der Waals surface area (Å²) < 4.78 is 11.6. The molecule has 4 heteroatoms. The van der Waals surface area contributed by atoms with Gasteiger partial charge in [0.15, 0.2) is 11.5 Å². The zero-order chi connectivity index (χ0) is 22.2. The Bertz CT molecular complexity index is 1040. The highest BCUT2D eigenvalue weighted by Crippen LogP contribution is 2.38. The molecule has 0 saturated carbocycles. The average Bonchev–Trinajstić information content (AvgIpc) is 2.80. The number of rotatable bonds is 8. The third-order valence-electron chi connectivity index (χ3n) is 5.24. The number of carbonyl (C=O) groups is 2. The van der Waals surface area contributed by atoms with Crippen LogP contribution in [0.5, 0.6) is 11.5 Å². The van der Waals surface area contributed by atoms with Crippen molar-refractivity contribution in [2.75, 3.05) is 0 Å². The van der Waals surface area contributed by atoms with Gasteiger partial charge in [-0.15, -0.1) is 0 Å². The Morgan fingerprint density at radius 1 is 0.742 bits per heavy atom. The van der Waals surface area contributed by atoms with Gasteiger partial charge in [0.1, 0.15) is 0 Å². The Hall–Kier alpha value is -3.40. The molecule has 0 aromatic heterocycles. The van der Waals surface area contributed by atoms with Crippen molar-refractivity contribution in [3.63, 3.8) is 0 Å². The maximum Gasteiger partial charge on any atom is 0.343 e. The summed E-state index contributed by atoms with van der Waals surface area (Å²) in [5.41, 5.74) is 3.56. The third-order valence-corrected chi connectivity index (χ3v) is 5.24. The molecule has 0 heterocycles. The average molecular weight is 417 g/mol. The molecule has 0 fully saturated rings. The molecule has 0 saturated heterocycles. The first-order chi connectivity index (χ1) is 15.0. The first-order valence-electron chi connectivity index (χ1n) is 10.7. The van der Waals surface area contributed by atoms with E-state index in [0.717, 1.165) is 42.4 Å². The second-order valence-electron chi connectivity index (χ2n) is 7.60. The molecule has 0 bridgehead atoms. The van der Waals surface area contributed by atoms with Crippen molar-refractivity contribution in [2.45, 2.75) is 46.5 Å². The molecule has 0 aliphatic rings. The third kappa shape index (κ3) is 5.60. The molecule has 3 aromatic rings. The number of carbonyl (C=O) groups excluding carboxylic acids is 2. The van der Waals surface area contributed by atoms with Crippen molar-refractivity contribution < 1.29 is 19.1 Å². The van der Waals surface area contributed by atoms with Crippen LogP contribution >= 0.6 is 0 Å². The maximum atomic E-state index is 12.8. The van der Waals surface area contributed by atoms with Crippen LogP contribution in [0, 0.1) is 13.8 Å². The van der Waals surface area contributed by atoms with E-state index in [0.29, 0.717) is 16.9 Å². The fraction of sp³-hybridized carbons (Fsp3) is 0.259. The van der Waals surface area contributed by atoms with E-state index in [9.17, 15) is 9.59 Å². The van der Waals surface area contributed by atoms with Crippen molar-refractivity contribution >= 4 is 11.9 Å². The highest BCUT2D eigenvalue weighted by molar-refractivity contribution is 5.93. The quantitative estimate of drug-likeness (QED) is 0.240. The second-order valence-corrected chi connectivity index (χ2v) is 7.60. The Morgan fingerprint density at radius 3 is 1.77 bits per heavy atom. The number of unbranched alkanes of at least 4 members (excludes halogenated alkanes) is 2. The second kappa shape index (κ2) is 10.6. The lowest BCUT2D eigenvalue weighted by atomic mass is 9.98. The Morgan fingerprint density at radius 2 is 1.26 bits per heavy atom. The summed E-state index contributed by atoms with van der Waals surface area (Å²) >= 11 is 0. The predicted molar refractivity (Wildman–Crippen MR) is 122 cm³/mol. The Balaban J connectivity index is 1.98. The largest absolute Gasteiger partial charge is 0.419 e. The van der Waals surface area contributed by atoms with Gasteiger partial charge in [-0.2, -0.15) is 0 Å². The molecule has 0 aliphatic carbocycles. The first-order valence-corrected chi connectivity index (χ1v) is 10.7. The minimum atomic E-state index is -0.487. The van der Waals surface area contributed by atoms with E-state index in [-0.39, 0.29) is 5.75 Å². The minimum absolute atomic E-state index is 0.287. The van der Waals surface area contributed by atoms with Crippen molar-refractivity contribution in [1.82, 2.24) is 0 Å². The van der Waals surface area contributed by atoms with E-state index >= 15 is 0 Å². The molecule has 0 amide bonds. The molecule has 4 nitrogen and oxygen atoms in total. The van der Waals surface area contributed by atoms with Crippen LogP contribution in [0.25, 0.3) is 0 Å². The number of aryl methyl sites for hydroxylation is 2. The van der Waals surface area contributed by atoms with Gasteiger partial charge in [-0.25, -0.2) is 9.59 Å². The molecule has 0 radical (unpaired) electrons. The molecule has 3 aromatic carbocycles. The lowest BCUT2D eigenvalue weighted by Gasteiger charge is -2.18. The van der Waals surface area contributed by atoms with E-state index in [1.807, 2.05) is 32.0 Å². The zero-order valence-electron chi connectivity index (χ0n) is 18.3. The summed E-state index contributed by atoms with van der Waals surface area (Å²) in [5.74, 6) is -0.371. The van der Waals surface area contributed by atoms with Crippen LogP contribution in [0.3, 0.4) is 0 Å². The smallest absolute Gasteiger partial charge is 0.343 e. The SMILES string of the molecule is CCCCCc1cc(C)c(OC(=O)c2ccccc2)c(OC(=O)c2ccccc2)c1C. The van der Waals surface area contributed by atoms with Gasteiger partial charge in [0.25, 0.3) is 0 Å². The van der Waals surface area contributed by atoms with Crippen molar-refractivity contribution in [3.8, 4) is 11.5 Å². The lowest BCUT2D eigenvalue weighted by molar-refractivity contribution is 0.0680. The molecule has 0 unspecified atom stereocenters. The standard InChI is InChI=1S/C27H28O4/c1-4-5-8-17-23-18-19(2)24(30-26(28)21-13-9-6-10-14-21)25(20(23)3)31-27(29)22-15-11-7-12-16-22/h6-7,9-16,18H,4-5,8,17H2,1-3H3. The Labute approximate surface area is 183 Å². The number of hydrogen-bond donors (Lipinski definition) is 0. The fourth-order valence-electron chi connectivity index (χ4n) is 3.46. The summed E-state index contributed by atoms with van der Waals surface area (Å²) in [4.78, 5) is 25.5. The summed E-state index contributed by atoms with van der Waals surface area (Å²) in [6, 6.07) is 19.6. The summed E-state index contributed by atoms with van der Waals surface area (Å²) in [5, 5.41) is 0. The van der Waals surface area contributed by atoms with Gasteiger partial charge in [0, 0.05) is 0 Å².